The van der Waals surface area contributed by atoms with Crippen molar-refractivity contribution in [2.75, 3.05) is 0 Å². The number of rotatable bonds is 6. The molecule has 1 aliphatic heterocycles. The van der Waals surface area contributed by atoms with Gasteiger partial charge in [0.1, 0.15) is 5.92 Å². The maximum Gasteiger partial charge on any atom is 0.304 e. The van der Waals surface area contributed by atoms with Gasteiger partial charge in [-0.1, -0.05) is 27.7 Å². The molecular weight excluding hydrogens is 286 g/mol. The first-order chi connectivity index (χ1) is 9.40. The van der Waals surface area contributed by atoms with Crippen LogP contribution in [-0.2, 0) is 18.8 Å². The highest BCUT2D eigenvalue weighted by atomic mass is 28.4. The zero-order valence-corrected chi connectivity index (χ0v) is 15.4. The lowest BCUT2D eigenvalue weighted by Crippen LogP contribution is -2.65. The lowest BCUT2D eigenvalue weighted by Gasteiger charge is -2.47. The van der Waals surface area contributed by atoms with Crippen molar-refractivity contribution in [1.82, 2.24) is 5.32 Å². The van der Waals surface area contributed by atoms with Gasteiger partial charge in [0.15, 0.2) is 14.5 Å². The topological polar surface area (TPSA) is 64.6 Å². The van der Waals surface area contributed by atoms with Crippen molar-refractivity contribution in [3.63, 3.8) is 0 Å². The van der Waals surface area contributed by atoms with Crippen LogP contribution in [0.25, 0.3) is 0 Å². The predicted octanol–water partition coefficient (Wildman–Crippen LogP) is 2.67. The summed E-state index contributed by atoms with van der Waals surface area (Å²) in [7, 11) is -2.02. The Balaban J connectivity index is 2.77. The molecule has 1 saturated heterocycles. The Morgan fingerprint density at radius 1 is 1.29 bits per heavy atom. The van der Waals surface area contributed by atoms with Gasteiger partial charge in [0.05, 0.1) is 6.10 Å². The van der Waals surface area contributed by atoms with Gasteiger partial charge in [0, 0.05) is 6.92 Å². The molecule has 6 heteroatoms. The number of β-lactam (4-membered cyclic amide) rings is 1. The van der Waals surface area contributed by atoms with E-state index in [2.05, 4.69) is 46.1 Å². The SMILES string of the molecule is CC(=O)O[C@H]1NC(=O)[C@@H]1[C@@H](C)O[Si](C)(C)C(C)(C)C(C)C. The highest BCUT2D eigenvalue weighted by Crippen LogP contribution is 2.45. The molecule has 0 aromatic rings. The van der Waals surface area contributed by atoms with E-state index in [0.29, 0.717) is 5.92 Å². The molecular formula is C15H29NO4Si. The standard InChI is InChI=1S/C15H29NO4Si/c1-9(2)15(5,6)21(7,8)20-10(3)12-13(18)16-14(12)19-11(4)17/h9-10,12,14H,1-8H3,(H,16,18)/t10-,12+,14-/m1/s1. The van der Waals surface area contributed by atoms with E-state index in [1.54, 1.807) is 0 Å². The van der Waals surface area contributed by atoms with E-state index in [4.69, 9.17) is 9.16 Å². The Labute approximate surface area is 128 Å². The summed E-state index contributed by atoms with van der Waals surface area (Å²) >= 11 is 0. The first-order valence-corrected chi connectivity index (χ1v) is 10.5. The van der Waals surface area contributed by atoms with E-state index in [1.165, 1.54) is 6.92 Å². The van der Waals surface area contributed by atoms with Gasteiger partial charge in [-0.2, -0.15) is 0 Å². The van der Waals surface area contributed by atoms with Crippen LogP contribution in [-0.4, -0.2) is 32.5 Å². The Kier molecular flexibility index (Phi) is 5.26. The molecule has 0 unspecified atom stereocenters. The van der Waals surface area contributed by atoms with Gasteiger partial charge in [-0.05, 0) is 31.0 Å². The first-order valence-electron chi connectivity index (χ1n) is 7.55. The second kappa shape index (κ2) is 6.08. The third kappa shape index (κ3) is 3.66. The van der Waals surface area contributed by atoms with Crippen LogP contribution >= 0.6 is 0 Å². The molecule has 0 bridgehead atoms. The van der Waals surface area contributed by atoms with Crippen molar-refractivity contribution in [2.24, 2.45) is 11.8 Å². The average molecular weight is 315 g/mol. The Morgan fingerprint density at radius 3 is 2.19 bits per heavy atom. The zero-order valence-electron chi connectivity index (χ0n) is 14.4. The minimum absolute atomic E-state index is 0.0818. The van der Waals surface area contributed by atoms with Crippen LogP contribution in [0.1, 0.15) is 41.5 Å². The lowest BCUT2D eigenvalue weighted by molar-refractivity contribution is -0.173. The van der Waals surface area contributed by atoms with Crippen LogP contribution in [0.4, 0.5) is 0 Å². The van der Waals surface area contributed by atoms with Gasteiger partial charge in [-0.25, -0.2) is 0 Å². The second-order valence-corrected chi connectivity index (χ2v) is 11.8. The van der Waals surface area contributed by atoms with Gasteiger partial charge in [-0.15, -0.1) is 0 Å². The van der Waals surface area contributed by atoms with Gasteiger partial charge in [0.2, 0.25) is 5.91 Å². The summed E-state index contributed by atoms with van der Waals surface area (Å²) in [5.74, 6) is -0.424. The van der Waals surface area contributed by atoms with Crippen LogP contribution < -0.4 is 5.32 Å². The molecule has 0 spiro atoms. The average Bonchev–Trinajstić information content (AvgIpc) is 2.25. The molecule has 0 aromatic heterocycles. The minimum Gasteiger partial charge on any atom is -0.441 e. The molecule has 21 heavy (non-hydrogen) atoms. The Hall–Kier alpha value is -0.883. The highest BCUT2D eigenvalue weighted by molar-refractivity contribution is 6.74. The van der Waals surface area contributed by atoms with Gasteiger partial charge in [-0.3, -0.25) is 9.59 Å². The quantitative estimate of drug-likeness (QED) is 0.465. The number of nitrogens with one attached hydrogen (secondary N) is 1. The van der Waals surface area contributed by atoms with Crippen LogP contribution in [0, 0.1) is 11.8 Å². The molecule has 122 valence electrons. The predicted molar refractivity (Wildman–Crippen MR) is 84.1 cm³/mol. The van der Waals surface area contributed by atoms with Crippen molar-refractivity contribution in [3.8, 4) is 0 Å². The smallest absolute Gasteiger partial charge is 0.304 e. The number of hydrogen-bond acceptors (Lipinski definition) is 4. The number of ether oxygens (including phenoxy) is 1. The van der Waals surface area contributed by atoms with Crippen LogP contribution in [0.2, 0.25) is 18.1 Å². The summed E-state index contributed by atoms with van der Waals surface area (Å²) in [4.78, 5) is 22.8. The minimum atomic E-state index is -2.02. The molecule has 0 aromatic carbocycles. The van der Waals surface area contributed by atoms with Crippen molar-refractivity contribution in [2.45, 2.75) is 72.0 Å². The van der Waals surface area contributed by atoms with E-state index in [-0.39, 0.29) is 17.0 Å². The van der Waals surface area contributed by atoms with Crippen molar-refractivity contribution in [1.29, 1.82) is 0 Å². The molecule has 0 aliphatic carbocycles. The van der Waals surface area contributed by atoms with E-state index in [1.807, 2.05) is 6.92 Å². The van der Waals surface area contributed by atoms with Crippen LogP contribution in [0.3, 0.4) is 0 Å². The number of carbonyl (C=O) groups excluding carboxylic acids is 2. The summed E-state index contributed by atoms with van der Waals surface area (Å²) < 4.78 is 11.4. The van der Waals surface area contributed by atoms with Crippen molar-refractivity contribution >= 4 is 20.2 Å². The monoisotopic (exact) mass is 315 g/mol. The number of carbonyl (C=O) groups is 2. The molecule has 1 heterocycles. The van der Waals surface area contributed by atoms with E-state index < -0.39 is 26.4 Å². The van der Waals surface area contributed by atoms with Gasteiger partial charge in [0.25, 0.3) is 0 Å². The van der Waals surface area contributed by atoms with E-state index in [0.717, 1.165) is 0 Å². The molecule has 0 saturated carbocycles. The van der Waals surface area contributed by atoms with Gasteiger partial charge < -0.3 is 14.5 Å². The third-order valence-corrected chi connectivity index (χ3v) is 9.83. The Bertz CT molecular complexity index is 420. The summed E-state index contributed by atoms with van der Waals surface area (Å²) in [5.41, 5.74) is 0. The number of hydrogen-bond donors (Lipinski definition) is 1. The van der Waals surface area contributed by atoms with E-state index in [9.17, 15) is 9.59 Å². The number of esters is 1. The molecule has 1 N–H and O–H groups in total. The summed E-state index contributed by atoms with van der Waals surface area (Å²) in [6, 6.07) is 0. The first kappa shape index (κ1) is 18.2. The Morgan fingerprint density at radius 2 is 1.81 bits per heavy atom. The molecule has 5 nitrogen and oxygen atoms in total. The normalized spacial score (nSPS) is 24.3. The molecule has 1 amide bonds. The maximum atomic E-state index is 11.8. The fourth-order valence-corrected chi connectivity index (χ4v) is 5.26. The van der Waals surface area contributed by atoms with Crippen molar-refractivity contribution in [3.05, 3.63) is 0 Å². The lowest BCUT2D eigenvalue weighted by atomic mass is 9.93. The third-order valence-electron chi connectivity index (χ3n) is 5.19. The fourth-order valence-electron chi connectivity index (χ4n) is 2.49. The maximum absolute atomic E-state index is 11.8. The summed E-state index contributed by atoms with van der Waals surface area (Å²) in [5, 5.41) is 2.69. The molecule has 1 rings (SSSR count). The van der Waals surface area contributed by atoms with Crippen LogP contribution in [0.5, 0.6) is 0 Å². The fraction of sp³-hybridized carbons (Fsp3) is 0.867. The molecule has 3 atom stereocenters. The molecule has 1 aliphatic rings. The number of amides is 1. The molecule has 0 radical (unpaired) electrons. The zero-order chi connectivity index (χ0) is 16.6. The van der Waals surface area contributed by atoms with Gasteiger partial charge >= 0.3 is 5.97 Å². The molecule has 1 fully saturated rings. The van der Waals surface area contributed by atoms with E-state index >= 15 is 0 Å². The van der Waals surface area contributed by atoms with Crippen molar-refractivity contribution < 1.29 is 18.8 Å². The summed E-state index contributed by atoms with van der Waals surface area (Å²) in [6.07, 6.45) is -0.820. The second-order valence-electron chi connectivity index (χ2n) is 7.27. The van der Waals surface area contributed by atoms with Crippen LogP contribution in [0.15, 0.2) is 0 Å². The largest absolute Gasteiger partial charge is 0.441 e. The summed E-state index contributed by atoms with van der Waals surface area (Å²) in [6.45, 7) is 16.4. The highest BCUT2D eigenvalue weighted by Gasteiger charge is 2.50.